The Hall–Kier alpha value is -1.56. The van der Waals surface area contributed by atoms with Crippen LogP contribution in [0.15, 0.2) is 23.1 Å². The van der Waals surface area contributed by atoms with Crippen LogP contribution in [0.4, 0.5) is 5.69 Å². The summed E-state index contributed by atoms with van der Waals surface area (Å²) in [6.07, 6.45) is 0.0341. The minimum Gasteiger partial charge on any atom is -0.481 e. The maximum absolute atomic E-state index is 10.7. The molecule has 0 aliphatic heterocycles. The highest BCUT2D eigenvalue weighted by Crippen LogP contribution is 2.29. The van der Waals surface area contributed by atoms with Crippen molar-refractivity contribution < 1.29 is 14.8 Å². The third-order valence-electron chi connectivity index (χ3n) is 2.18. The summed E-state index contributed by atoms with van der Waals surface area (Å²) in [5, 5.41) is 19.3. The zero-order valence-corrected chi connectivity index (χ0v) is 10.4. The van der Waals surface area contributed by atoms with Crippen molar-refractivity contribution in [3.05, 3.63) is 33.9 Å². The van der Waals surface area contributed by atoms with Crippen LogP contribution < -0.4 is 0 Å². The Balaban J connectivity index is 2.82. The van der Waals surface area contributed by atoms with Gasteiger partial charge in [0.15, 0.2) is 0 Å². The molecule has 17 heavy (non-hydrogen) atoms. The lowest BCUT2D eigenvalue weighted by Gasteiger charge is -2.08. The number of rotatable bonds is 5. The molecular weight excluding hydrogens is 242 g/mol. The highest BCUT2D eigenvalue weighted by Gasteiger charge is 2.14. The zero-order valence-electron chi connectivity index (χ0n) is 9.54. The van der Waals surface area contributed by atoms with Crippen molar-refractivity contribution in [2.24, 2.45) is 0 Å². The number of thioether (sulfide) groups is 1. The predicted molar refractivity (Wildman–Crippen MR) is 65.4 cm³/mol. The van der Waals surface area contributed by atoms with Gasteiger partial charge in [-0.1, -0.05) is 13.0 Å². The topological polar surface area (TPSA) is 80.4 Å². The van der Waals surface area contributed by atoms with Gasteiger partial charge in [-0.3, -0.25) is 14.9 Å². The Morgan fingerprint density at radius 1 is 1.59 bits per heavy atom. The number of nitrogens with zero attached hydrogens (tertiary/aromatic N) is 1. The molecule has 0 heterocycles. The minimum atomic E-state index is -0.869. The highest BCUT2D eigenvalue weighted by atomic mass is 32.2. The maximum Gasteiger partial charge on any atom is 0.304 e. The SMILES string of the molecule is Cc1ccc(SC(C)CC(=O)O)cc1[N+](=O)[O-]. The van der Waals surface area contributed by atoms with Crippen LogP contribution in [-0.2, 0) is 4.79 Å². The minimum absolute atomic E-state index is 0.0341. The summed E-state index contributed by atoms with van der Waals surface area (Å²) in [4.78, 5) is 21.5. The van der Waals surface area contributed by atoms with Gasteiger partial charge in [0.25, 0.3) is 5.69 Å². The molecule has 0 saturated heterocycles. The quantitative estimate of drug-likeness (QED) is 0.497. The third-order valence-corrected chi connectivity index (χ3v) is 3.27. The first-order valence-corrected chi connectivity index (χ1v) is 5.91. The van der Waals surface area contributed by atoms with Crippen LogP contribution in [0.1, 0.15) is 18.9 Å². The van der Waals surface area contributed by atoms with Crippen molar-refractivity contribution in [1.29, 1.82) is 0 Å². The fourth-order valence-electron chi connectivity index (χ4n) is 1.38. The Morgan fingerprint density at radius 2 is 2.24 bits per heavy atom. The van der Waals surface area contributed by atoms with Gasteiger partial charge in [0.2, 0.25) is 0 Å². The lowest BCUT2D eigenvalue weighted by molar-refractivity contribution is -0.385. The van der Waals surface area contributed by atoms with Crippen molar-refractivity contribution in [3.63, 3.8) is 0 Å². The van der Waals surface area contributed by atoms with Crippen LogP contribution in [0.3, 0.4) is 0 Å². The van der Waals surface area contributed by atoms with Gasteiger partial charge < -0.3 is 5.11 Å². The molecule has 0 aliphatic carbocycles. The van der Waals surface area contributed by atoms with Gasteiger partial charge in [0.1, 0.15) is 0 Å². The molecule has 92 valence electrons. The molecular formula is C11H13NO4S. The van der Waals surface area contributed by atoms with Crippen LogP contribution >= 0.6 is 11.8 Å². The van der Waals surface area contributed by atoms with Crippen molar-refractivity contribution >= 4 is 23.4 Å². The van der Waals surface area contributed by atoms with Gasteiger partial charge in [0.05, 0.1) is 11.3 Å². The van der Waals surface area contributed by atoms with E-state index in [1.807, 2.05) is 0 Å². The molecule has 0 spiro atoms. The second-order valence-corrected chi connectivity index (χ2v) is 5.24. The summed E-state index contributed by atoms with van der Waals surface area (Å²) >= 11 is 1.33. The monoisotopic (exact) mass is 255 g/mol. The summed E-state index contributed by atoms with van der Waals surface area (Å²) in [5.41, 5.74) is 0.669. The molecule has 1 atom stereocenters. The third kappa shape index (κ3) is 4.07. The number of carboxylic acid groups (broad SMARTS) is 1. The van der Waals surface area contributed by atoms with E-state index in [0.717, 1.165) is 4.90 Å². The molecule has 0 radical (unpaired) electrons. The molecule has 1 rings (SSSR count). The van der Waals surface area contributed by atoms with Crippen molar-refractivity contribution in [1.82, 2.24) is 0 Å². The number of carbonyl (C=O) groups is 1. The lowest BCUT2D eigenvalue weighted by Crippen LogP contribution is -2.05. The van der Waals surface area contributed by atoms with Crippen LogP contribution in [0, 0.1) is 17.0 Å². The van der Waals surface area contributed by atoms with E-state index in [9.17, 15) is 14.9 Å². The molecule has 0 aliphatic rings. The Morgan fingerprint density at radius 3 is 2.76 bits per heavy atom. The predicted octanol–water partition coefficient (Wildman–Crippen LogP) is 2.86. The molecule has 0 saturated carbocycles. The molecule has 1 unspecified atom stereocenters. The normalized spacial score (nSPS) is 12.1. The Kier molecular flexibility index (Phi) is 4.51. The number of carboxylic acids is 1. The molecule has 1 N–H and O–H groups in total. The van der Waals surface area contributed by atoms with Crippen LogP contribution in [0.5, 0.6) is 0 Å². The number of hydrogen-bond donors (Lipinski definition) is 1. The van der Waals surface area contributed by atoms with E-state index in [1.165, 1.54) is 17.8 Å². The standard InChI is InChI=1S/C11H13NO4S/c1-7-3-4-9(6-10(7)12(15)16)17-8(2)5-11(13)14/h3-4,6,8H,5H2,1-2H3,(H,13,14). The molecule has 0 aromatic heterocycles. The van der Waals surface area contributed by atoms with E-state index in [0.29, 0.717) is 5.56 Å². The van der Waals surface area contributed by atoms with E-state index in [2.05, 4.69) is 0 Å². The molecule has 0 amide bonds. The molecule has 0 fully saturated rings. The number of aliphatic carboxylic acids is 1. The molecule has 0 bridgehead atoms. The van der Waals surface area contributed by atoms with Gasteiger partial charge in [-0.15, -0.1) is 11.8 Å². The molecule has 1 aromatic carbocycles. The van der Waals surface area contributed by atoms with Gasteiger partial charge in [0, 0.05) is 21.8 Å². The first-order chi connectivity index (χ1) is 7.90. The van der Waals surface area contributed by atoms with Gasteiger partial charge in [-0.2, -0.15) is 0 Å². The number of aryl methyl sites for hydroxylation is 1. The number of hydrogen-bond acceptors (Lipinski definition) is 4. The van der Waals surface area contributed by atoms with Crippen molar-refractivity contribution in [2.45, 2.75) is 30.4 Å². The van der Waals surface area contributed by atoms with E-state index < -0.39 is 10.9 Å². The fourth-order valence-corrected chi connectivity index (χ4v) is 2.40. The maximum atomic E-state index is 10.7. The fraction of sp³-hybridized carbons (Fsp3) is 0.364. The number of benzene rings is 1. The highest BCUT2D eigenvalue weighted by molar-refractivity contribution is 8.00. The van der Waals surface area contributed by atoms with Crippen molar-refractivity contribution in [2.75, 3.05) is 0 Å². The van der Waals surface area contributed by atoms with Crippen LogP contribution in [0.2, 0.25) is 0 Å². The van der Waals surface area contributed by atoms with E-state index >= 15 is 0 Å². The lowest BCUT2D eigenvalue weighted by atomic mass is 10.2. The number of nitro benzene ring substituents is 1. The van der Waals surface area contributed by atoms with Gasteiger partial charge in [-0.25, -0.2) is 0 Å². The van der Waals surface area contributed by atoms with Crippen LogP contribution in [0.25, 0.3) is 0 Å². The van der Waals surface area contributed by atoms with Crippen LogP contribution in [-0.4, -0.2) is 21.2 Å². The molecule has 6 heteroatoms. The summed E-state index contributed by atoms with van der Waals surface area (Å²) in [6.45, 7) is 3.46. The second kappa shape index (κ2) is 5.67. The zero-order chi connectivity index (χ0) is 13.0. The van der Waals surface area contributed by atoms with E-state index in [1.54, 1.807) is 26.0 Å². The average Bonchev–Trinajstić information content (AvgIpc) is 2.19. The smallest absolute Gasteiger partial charge is 0.304 e. The molecule has 1 aromatic rings. The summed E-state index contributed by atoms with van der Waals surface area (Å²) in [5.74, 6) is -0.869. The Bertz CT molecular complexity index is 447. The summed E-state index contributed by atoms with van der Waals surface area (Å²) in [6, 6.07) is 4.93. The second-order valence-electron chi connectivity index (χ2n) is 3.73. The van der Waals surface area contributed by atoms with Gasteiger partial charge >= 0.3 is 5.97 Å². The largest absolute Gasteiger partial charge is 0.481 e. The van der Waals surface area contributed by atoms with Crippen molar-refractivity contribution in [3.8, 4) is 0 Å². The molecule has 5 nitrogen and oxygen atoms in total. The first-order valence-electron chi connectivity index (χ1n) is 5.03. The first kappa shape index (κ1) is 13.5. The number of nitro groups is 1. The van der Waals surface area contributed by atoms with E-state index in [4.69, 9.17) is 5.11 Å². The summed E-state index contributed by atoms with van der Waals surface area (Å²) < 4.78 is 0. The summed E-state index contributed by atoms with van der Waals surface area (Å²) in [7, 11) is 0. The van der Waals surface area contributed by atoms with E-state index in [-0.39, 0.29) is 17.4 Å². The Labute approximate surface area is 103 Å². The van der Waals surface area contributed by atoms with Gasteiger partial charge in [-0.05, 0) is 13.0 Å². The average molecular weight is 255 g/mol.